The molecule has 0 aliphatic heterocycles. The lowest BCUT2D eigenvalue weighted by Crippen LogP contribution is -2.32. The summed E-state index contributed by atoms with van der Waals surface area (Å²) >= 11 is 8.95. The molecule has 0 atom stereocenters. The van der Waals surface area contributed by atoms with E-state index in [-0.39, 0.29) is 5.41 Å². The van der Waals surface area contributed by atoms with Gasteiger partial charge < -0.3 is 14.5 Å². The van der Waals surface area contributed by atoms with Gasteiger partial charge in [-0.3, -0.25) is 0 Å². The molecule has 1 aromatic heterocycles. The molecule has 19 heavy (non-hydrogen) atoms. The Balaban J connectivity index is 2.40. The van der Waals surface area contributed by atoms with Crippen LogP contribution in [0.2, 0.25) is 0 Å². The van der Waals surface area contributed by atoms with Gasteiger partial charge in [0.25, 0.3) is 0 Å². The van der Waals surface area contributed by atoms with E-state index in [4.69, 9.17) is 12.2 Å². The van der Waals surface area contributed by atoms with Gasteiger partial charge in [0.05, 0.1) is 11.0 Å². The topological polar surface area (TPSA) is 24.0 Å². The summed E-state index contributed by atoms with van der Waals surface area (Å²) in [6, 6.07) is 6.23. The Morgan fingerprint density at radius 3 is 2.68 bits per heavy atom. The summed E-state index contributed by atoms with van der Waals surface area (Å²) < 4.78 is 4.05. The predicted octanol–water partition coefficient (Wildman–Crippen LogP) is 4.05. The second-order valence-electron chi connectivity index (χ2n) is 6.08. The van der Waals surface area contributed by atoms with E-state index in [0.717, 1.165) is 27.8 Å². The molecule has 0 aliphatic carbocycles. The molecule has 2 rings (SSSR count). The summed E-state index contributed by atoms with van der Waals surface area (Å²) in [5.41, 5.74) is 2.42. The summed E-state index contributed by atoms with van der Waals surface area (Å²) in [7, 11) is 4.21. The number of aromatic nitrogens is 2. The average Bonchev–Trinajstić information content (AvgIpc) is 2.52. The van der Waals surface area contributed by atoms with Crippen molar-refractivity contribution in [3.05, 3.63) is 27.4 Å². The number of rotatable bonds is 4. The SMILES string of the molecule is CN(C)CC(C)(C)Cn1c(=S)[nH]c2cc(Br)ccc21. The van der Waals surface area contributed by atoms with E-state index in [1.807, 2.05) is 0 Å². The lowest BCUT2D eigenvalue weighted by molar-refractivity contribution is 0.212. The van der Waals surface area contributed by atoms with Crippen LogP contribution in [-0.4, -0.2) is 35.1 Å². The molecule has 0 bridgehead atoms. The summed E-state index contributed by atoms with van der Waals surface area (Å²) in [6.07, 6.45) is 0. The van der Waals surface area contributed by atoms with E-state index in [9.17, 15) is 0 Å². The lowest BCUT2D eigenvalue weighted by Gasteiger charge is -2.28. The molecule has 0 aliphatic rings. The lowest BCUT2D eigenvalue weighted by atomic mass is 9.93. The van der Waals surface area contributed by atoms with Crippen molar-refractivity contribution in [1.82, 2.24) is 14.5 Å². The Kier molecular flexibility index (Phi) is 4.18. The van der Waals surface area contributed by atoms with E-state index in [0.29, 0.717) is 0 Å². The van der Waals surface area contributed by atoms with Crippen molar-refractivity contribution in [2.24, 2.45) is 5.41 Å². The van der Waals surface area contributed by atoms with Crippen LogP contribution in [0.3, 0.4) is 0 Å². The largest absolute Gasteiger partial charge is 0.331 e. The van der Waals surface area contributed by atoms with Crippen molar-refractivity contribution in [3.63, 3.8) is 0 Å². The summed E-state index contributed by atoms with van der Waals surface area (Å²) in [5, 5.41) is 0. The molecular weight excluding hydrogens is 322 g/mol. The van der Waals surface area contributed by atoms with E-state index >= 15 is 0 Å². The van der Waals surface area contributed by atoms with Crippen molar-refractivity contribution < 1.29 is 0 Å². The maximum absolute atomic E-state index is 5.46. The highest BCUT2D eigenvalue weighted by molar-refractivity contribution is 9.10. The molecule has 0 saturated carbocycles. The van der Waals surface area contributed by atoms with Gasteiger partial charge in [0.1, 0.15) is 0 Å². The molecule has 0 spiro atoms. The molecule has 0 radical (unpaired) electrons. The molecule has 2 aromatic rings. The van der Waals surface area contributed by atoms with Crippen LogP contribution in [0, 0.1) is 10.2 Å². The van der Waals surface area contributed by atoms with Crippen LogP contribution in [0.1, 0.15) is 13.8 Å². The zero-order valence-corrected chi connectivity index (χ0v) is 14.2. The fraction of sp³-hybridized carbons (Fsp3) is 0.500. The highest BCUT2D eigenvalue weighted by Crippen LogP contribution is 2.25. The standard InChI is InChI=1S/C14H20BrN3S/c1-14(2,8-17(3)4)9-18-12-6-5-10(15)7-11(12)16-13(18)19/h5-7H,8-9H2,1-4H3,(H,16,19). The molecule has 0 fully saturated rings. The molecule has 3 nitrogen and oxygen atoms in total. The second-order valence-corrected chi connectivity index (χ2v) is 7.38. The number of hydrogen-bond acceptors (Lipinski definition) is 2. The second kappa shape index (κ2) is 5.38. The van der Waals surface area contributed by atoms with Crippen molar-refractivity contribution in [2.75, 3.05) is 20.6 Å². The number of aromatic amines is 1. The van der Waals surface area contributed by atoms with Gasteiger partial charge in [-0.05, 0) is 49.9 Å². The van der Waals surface area contributed by atoms with Crippen LogP contribution < -0.4 is 0 Å². The first kappa shape index (κ1) is 14.8. The average molecular weight is 342 g/mol. The fourth-order valence-electron chi connectivity index (χ4n) is 2.63. The Morgan fingerprint density at radius 1 is 1.37 bits per heavy atom. The highest BCUT2D eigenvalue weighted by Gasteiger charge is 2.21. The number of imidazole rings is 1. The van der Waals surface area contributed by atoms with Crippen LogP contribution in [-0.2, 0) is 6.54 Å². The van der Waals surface area contributed by atoms with Crippen LogP contribution in [0.15, 0.2) is 22.7 Å². The van der Waals surface area contributed by atoms with Gasteiger partial charge in [-0.2, -0.15) is 0 Å². The van der Waals surface area contributed by atoms with E-state index in [1.165, 1.54) is 5.52 Å². The van der Waals surface area contributed by atoms with Crippen molar-refractivity contribution in [1.29, 1.82) is 0 Å². The molecule has 0 amide bonds. The Hall–Kier alpha value is -0.650. The maximum Gasteiger partial charge on any atom is 0.178 e. The third-order valence-electron chi connectivity index (χ3n) is 3.07. The molecule has 5 heteroatoms. The predicted molar refractivity (Wildman–Crippen MR) is 87.2 cm³/mol. The quantitative estimate of drug-likeness (QED) is 0.848. The molecule has 104 valence electrons. The van der Waals surface area contributed by atoms with E-state index in [2.05, 4.69) is 76.5 Å². The van der Waals surface area contributed by atoms with E-state index < -0.39 is 0 Å². The van der Waals surface area contributed by atoms with Gasteiger partial charge in [-0.25, -0.2) is 0 Å². The van der Waals surface area contributed by atoms with Crippen molar-refractivity contribution in [3.8, 4) is 0 Å². The van der Waals surface area contributed by atoms with E-state index in [1.54, 1.807) is 0 Å². The normalized spacial score (nSPS) is 12.5. The van der Waals surface area contributed by atoms with Gasteiger partial charge in [0.15, 0.2) is 4.77 Å². The first-order chi connectivity index (χ1) is 8.78. The number of hydrogen-bond donors (Lipinski definition) is 1. The van der Waals surface area contributed by atoms with Gasteiger partial charge in [-0.1, -0.05) is 29.8 Å². The Labute approximate surface area is 127 Å². The van der Waals surface area contributed by atoms with Crippen molar-refractivity contribution >= 4 is 39.2 Å². The monoisotopic (exact) mass is 341 g/mol. The number of nitrogens with zero attached hydrogens (tertiary/aromatic N) is 2. The van der Waals surface area contributed by atoms with Gasteiger partial charge in [0.2, 0.25) is 0 Å². The maximum atomic E-state index is 5.46. The molecule has 0 saturated heterocycles. The minimum absolute atomic E-state index is 0.171. The minimum Gasteiger partial charge on any atom is -0.331 e. The minimum atomic E-state index is 0.171. The number of fused-ring (bicyclic) bond motifs is 1. The first-order valence-electron chi connectivity index (χ1n) is 6.31. The Morgan fingerprint density at radius 2 is 2.05 bits per heavy atom. The van der Waals surface area contributed by atoms with Crippen LogP contribution >= 0.6 is 28.1 Å². The summed E-state index contributed by atoms with van der Waals surface area (Å²) in [5.74, 6) is 0. The number of nitrogens with one attached hydrogen (secondary N) is 1. The first-order valence-corrected chi connectivity index (χ1v) is 7.51. The number of benzene rings is 1. The molecule has 0 unspecified atom stereocenters. The molecule has 1 heterocycles. The van der Waals surface area contributed by atoms with Crippen LogP contribution in [0.25, 0.3) is 11.0 Å². The third kappa shape index (κ3) is 3.46. The summed E-state index contributed by atoms with van der Waals surface area (Å²) in [4.78, 5) is 5.50. The van der Waals surface area contributed by atoms with Crippen molar-refractivity contribution in [2.45, 2.75) is 20.4 Å². The van der Waals surface area contributed by atoms with Gasteiger partial charge in [-0.15, -0.1) is 0 Å². The smallest absolute Gasteiger partial charge is 0.178 e. The van der Waals surface area contributed by atoms with Crippen LogP contribution in [0.5, 0.6) is 0 Å². The summed E-state index contributed by atoms with van der Waals surface area (Å²) in [6.45, 7) is 6.47. The molecule has 1 aromatic carbocycles. The fourth-order valence-corrected chi connectivity index (χ4v) is 3.26. The number of H-pyrrole nitrogens is 1. The molecular formula is C14H20BrN3S. The highest BCUT2D eigenvalue weighted by atomic mass is 79.9. The Bertz CT molecular complexity index is 640. The third-order valence-corrected chi connectivity index (χ3v) is 3.88. The van der Waals surface area contributed by atoms with Crippen LogP contribution in [0.4, 0.5) is 0 Å². The zero-order chi connectivity index (χ0) is 14.2. The van der Waals surface area contributed by atoms with Gasteiger partial charge >= 0.3 is 0 Å². The molecule has 1 N–H and O–H groups in total. The van der Waals surface area contributed by atoms with Gasteiger partial charge in [0, 0.05) is 17.6 Å². The zero-order valence-electron chi connectivity index (χ0n) is 11.8. The number of halogens is 1.